The Balaban J connectivity index is 1.34. The van der Waals surface area contributed by atoms with E-state index < -0.39 is 0 Å². The van der Waals surface area contributed by atoms with Crippen molar-refractivity contribution in [1.82, 2.24) is 4.90 Å². The van der Waals surface area contributed by atoms with Crippen LogP contribution in [-0.4, -0.2) is 34.7 Å². The molecule has 2 amide bonds. The van der Waals surface area contributed by atoms with Crippen LogP contribution < -0.4 is 10.1 Å². The smallest absolute Gasteiger partial charge is 0.267 e. The van der Waals surface area contributed by atoms with Crippen molar-refractivity contribution in [3.8, 4) is 5.75 Å². The monoisotopic (exact) mass is 628 g/mol. The number of amidine groups is 1. The number of amides is 2. The summed E-state index contributed by atoms with van der Waals surface area (Å²) in [4.78, 5) is 27.9. The minimum atomic E-state index is -0.287. The first kappa shape index (κ1) is 28.1. The Morgan fingerprint density at radius 3 is 2.68 bits per heavy atom. The molecular formula is C31H25BrN4O4S. The number of benzene rings is 3. The summed E-state index contributed by atoms with van der Waals surface area (Å²) in [5.74, 6) is 0.565. The largest absolute Gasteiger partial charge is 0.483 e. The lowest BCUT2D eigenvalue weighted by molar-refractivity contribution is -0.122. The molecule has 0 bridgehead atoms. The first-order chi connectivity index (χ1) is 19.9. The quantitative estimate of drug-likeness (QED) is 0.124. The first-order valence-electron chi connectivity index (χ1n) is 12.6. The highest BCUT2D eigenvalue weighted by Gasteiger charge is 2.34. The summed E-state index contributed by atoms with van der Waals surface area (Å²) >= 11 is 4.65. The number of anilines is 1. The normalized spacial score (nSPS) is 15.3. The van der Waals surface area contributed by atoms with Gasteiger partial charge in [-0.15, -0.1) is 5.10 Å². The van der Waals surface area contributed by atoms with Gasteiger partial charge in [-0.2, -0.15) is 5.10 Å². The van der Waals surface area contributed by atoms with Crippen molar-refractivity contribution in [2.45, 2.75) is 13.5 Å². The van der Waals surface area contributed by atoms with Crippen LogP contribution >= 0.6 is 27.7 Å². The second-order valence-electron chi connectivity index (χ2n) is 9.00. The van der Waals surface area contributed by atoms with E-state index in [0.29, 0.717) is 32.8 Å². The van der Waals surface area contributed by atoms with Crippen molar-refractivity contribution in [2.24, 2.45) is 10.2 Å². The fourth-order valence-electron chi connectivity index (χ4n) is 3.86. The van der Waals surface area contributed by atoms with Crippen LogP contribution in [0.25, 0.3) is 6.08 Å². The van der Waals surface area contributed by atoms with Gasteiger partial charge in [0.15, 0.2) is 11.8 Å². The highest BCUT2D eigenvalue weighted by atomic mass is 79.9. The molecule has 1 aliphatic heterocycles. The number of hydrogen-bond acceptors (Lipinski definition) is 7. The molecule has 0 unspecified atom stereocenters. The zero-order chi connectivity index (χ0) is 28.6. The third-order valence-corrected chi connectivity index (χ3v) is 7.37. The number of carbonyl (C=O) groups excluding carboxylic acids is 2. The van der Waals surface area contributed by atoms with E-state index >= 15 is 0 Å². The molecule has 1 fully saturated rings. The highest BCUT2D eigenvalue weighted by molar-refractivity contribution is 9.10. The van der Waals surface area contributed by atoms with Gasteiger partial charge in [-0.05, 0) is 72.8 Å². The summed E-state index contributed by atoms with van der Waals surface area (Å²) in [6, 6.07) is 26.0. The summed E-state index contributed by atoms with van der Waals surface area (Å²) in [6.07, 6.45) is 4.92. The minimum absolute atomic E-state index is 0.184. The summed E-state index contributed by atoms with van der Waals surface area (Å²) in [5, 5.41) is 11.8. The Hall–Kier alpha value is -4.41. The zero-order valence-corrected chi connectivity index (χ0v) is 24.4. The Morgan fingerprint density at radius 1 is 1.07 bits per heavy atom. The lowest BCUT2D eigenvalue weighted by Gasteiger charge is -2.12. The van der Waals surface area contributed by atoms with Gasteiger partial charge in [0.1, 0.15) is 11.5 Å². The number of hydrogen-bond donors (Lipinski definition) is 1. The number of carbonyl (C=O) groups is 2. The van der Waals surface area contributed by atoms with Gasteiger partial charge in [-0.25, -0.2) is 0 Å². The molecule has 0 aliphatic carbocycles. The number of nitrogens with zero attached hydrogens (tertiary/aromatic N) is 3. The Bertz CT molecular complexity index is 1630. The van der Waals surface area contributed by atoms with E-state index in [2.05, 4.69) is 31.4 Å². The molecule has 1 saturated heterocycles. The SMILES string of the molecule is Cc1ccc(NC(=O)COc2ccccc2/C=C2\S/C(=N\N=C\c3cccc(Br)c3)N(Cc3ccco3)C2=O)cc1. The summed E-state index contributed by atoms with van der Waals surface area (Å²) < 4.78 is 12.2. The van der Waals surface area contributed by atoms with Crippen molar-refractivity contribution in [2.75, 3.05) is 11.9 Å². The second-order valence-corrected chi connectivity index (χ2v) is 10.9. The number of thioether (sulfide) groups is 1. The van der Waals surface area contributed by atoms with E-state index in [1.807, 2.05) is 73.7 Å². The first-order valence-corrected chi connectivity index (χ1v) is 14.2. The van der Waals surface area contributed by atoms with Gasteiger partial charge in [-0.1, -0.05) is 64.0 Å². The molecule has 206 valence electrons. The number of ether oxygens (including phenoxy) is 1. The maximum atomic E-state index is 13.5. The van der Waals surface area contributed by atoms with Gasteiger partial charge in [0.25, 0.3) is 11.8 Å². The Labute approximate surface area is 249 Å². The lowest BCUT2D eigenvalue weighted by atomic mass is 10.2. The Kier molecular flexibility index (Phi) is 9.12. The molecule has 4 aromatic rings. The molecular weight excluding hydrogens is 604 g/mol. The van der Waals surface area contributed by atoms with Gasteiger partial charge in [0.2, 0.25) is 0 Å². The van der Waals surface area contributed by atoms with E-state index in [-0.39, 0.29) is 25.0 Å². The Morgan fingerprint density at radius 2 is 1.90 bits per heavy atom. The topological polar surface area (TPSA) is 96.5 Å². The van der Waals surface area contributed by atoms with Crippen molar-refractivity contribution < 1.29 is 18.7 Å². The molecule has 41 heavy (non-hydrogen) atoms. The van der Waals surface area contributed by atoms with Crippen molar-refractivity contribution >= 4 is 62.7 Å². The third-order valence-electron chi connectivity index (χ3n) is 5.88. The van der Waals surface area contributed by atoms with Crippen molar-refractivity contribution in [1.29, 1.82) is 0 Å². The van der Waals surface area contributed by atoms with Gasteiger partial charge in [-0.3, -0.25) is 14.5 Å². The molecule has 1 aromatic heterocycles. The molecule has 2 heterocycles. The van der Waals surface area contributed by atoms with Gasteiger partial charge < -0.3 is 14.5 Å². The maximum Gasteiger partial charge on any atom is 0.267 e. The predicted molar refractivity (Wildman–Crippen MR) is 166 cm³/mol. The van der Waals surface area contributed by atoms with Crippen LogP contribution in [-0.2, 0) is 16.1 Å². The standard InChI is InChI=1S/C31H25BrN4O4S/c1-21-11-13-25(14-12-21)34-29(37)20-40-27-10-3-2-7-23(27)17-28-30(38)36(19-26-9-5-15-39-26)31(41-28)35-33-18-22-6-4-8-24(32)16-22/h2-18H,19-20H2,1H3,(H,34,37)/b28-17-,33-18+,35-31-. The number of furan rings is 1. The maximum absolute atomic E-state index is 13.5. The van der Waals surface area contributed by atoms with Crippen LogP contribution in [0.1, 0.15) is 22.5 Å². The molecule has 3 aromatic carbocycles. The molecule has 1 aliphatic rings. The number of aryl methyl sites for hydroxylation is 1. The molecule has 0 radical (unpaired) electrons. The molecule has 5 rings (SSSR count). The van der Waals surface area contributed by atoms with E-state index in [9.17, 15) is 9.59 Å². The van der Waals surface area contributed by atoms with Crippen LogP contribution in [0.2, 0.25) is 0 Å². The predicted octanol–water partition coefficient (Wildman–Crippen LogP) is 6.87. The molecule has 0 atom stereocenters. The second kappa shape index (κ2) is 13.3. The summed E-state index contributed by atoms with van der Waals surface area (Å²) in [6.45, 7) is 2.01. The van der Waals surface area contributed by atoms with Crippen LogP contribution in [0.15, 0.2) is 115 Å². The zero-order valence-electron chi connectivity index (χ0n) is 22.0. The van der Waals surface area contributed by atoms with E-state index in [0.717, 1.165) is 15.6 Å². The van der Waals surface area contributed by atoms with Crippen LogP contribution in [0.3, 0.4) is 0 Å². The lowest BCUT2D eigenvalue weighted by Crippen LogP contribution is -2.28. The van der Waals surface area contributed by atoms with Crippen LogP contribution in [0, 0.1) is 6.92 Å². The summed E-state index contributed by atoms with van der Waals surface area (Å²) in [7, 11) is 0. The minimum Gasteiger partial charge on any atom is -0.483 e. The molecule has 10 heteroatoms. The molecule has 0 spiro atoms. The van der Waals surface area contributed by atoms with Gasteiger partial charge in [0, 0.05) is 15.7 Å². The average molecular weight is 630 g/mol. The average Bonchev–Trinajstić information content (AvgIpc) is 3.58. The van der Waals surface area contributed by atoms with Crippen molar-refractivity contribution in [3.63, 3.8) is 0 Å². The fraction of sp³-hybridized carbons (Fsp3) is 0.0968. The van der Waals surface area contributed by atoms with Gasteiger partial charge in [0.05, 0.1) is 23.9 Å². The van der Waals surface area contributed by atoms with Gasteiger partial charge >= 0.3 is 0 Å². The van der Waals surface area contributed by atoms with E-state index in [1.54, 1.807) is 36.8 Å². The number of halogens is 1. The van der Waals surface area contributed by atoms with E-state index in [4.69, 9.17) is 9.15 Å². The number of rotatable bonds is 9. The van der Waals surface area contributed by atoms with Crippen LogP contribution in [0.5, 0.6) is 5.75 Å². The van der Waals surface area contributed by atoms with Crippen LogP contribution in [0.4, 0.5) is 5.69 Å². The van der Waals surface area contributed by atoms with Crippen molar-refractivity contribution in [3.05, 3.63) is 123 Å². The molecule has 1 N–H and O–H groups in total. The summed E-state index contributed by atoms with van der Waals surface area (Å²) in [5.41, 5.74) is 3.32. The highest BCUT2D eigenvalue weighted by Crippen LogP contribution is 2.35. The number of nitrogens with one attached hydrogen (secondary N) is 1. The van der Waals surface area contributed by atoms with E-state index in [1.165, 1.54) is 16.7 Å². The molecule has 8 nitrogen and oxygen atoms in total. The molecule has 0 saturated carbocycles. The number of para-hydroxylation sites is 1. The third kappa shape index (κ3) is 7.62. The fourth-order valence-corrected chi connectivity index (χ4v) is 5.20.